The first-order valence-electron chi connectivity index (χ1n) is 5.57. The third-order valence-electron chi connectivity index (χ3n) is 3.31. The van der Waals surface area contributed by atoms with E-state index >= 15 is 0 Å². The molecule has 0 radical (unpaired) electrons. The Kier molecular flexibility index (Phi) is 2.76. The molecular formula is C13H18O. The van der Waals surface area contributed by atoms with E-state index in [1.165, 1.54) is 37.7 Å². The summed E-state index contributed by atoms with van der Waals surface area (Å²) in [6.45, 7) is 1.94. The van der Waals surface area contributed by atoms with E-state index in [0.29, 0.717) is 11.7 Å². The van der Waals surface area contributed by atoms with Gasteiger partial charge in [0.25, 0.3) is 0 Å². The summed E-state index contributed by atoms with van der Waals surface area (Å²) < 4.78 is 0. The van der Waals surface area contributed by atoms with Crippen LogP contribution in [0.3, 0.4) is 0 Å². The number of aromatic hydroxyl groups is 1. The van der Waals surface area contributed by atoms with Gasteiger partial charge in [0.15, 0.2) is 0 Å². The molecule has 1 aliphatic carbocycles. The summed E-state index contributed by atoms with van der Waals surface area (Å²) >= 11 is 0. The highest BCUT2D eigenvalue weighted by atomic mass is 16.3. The molecule has 1 fully saturated rings. The van der Waals surface area contributed by atoms with Gasteiger partial charge in [-0.25, -0.2) is 0 Å². The molecule has 1 nitrogen and oxygen atoms in total. The fourth-order valence-corrected chi connectivity index (χ4v) is 2.32. The number of phenols is 1. The second-order valence-electron chi connectivity index (χ2n) is 4.38. The van der Waals surface area contributed by atoms with Crippen LogP contribution in [0.5, 0.6) is 5.75 Å². The van der Waals surface area contributed by atoms with E-state index in [2.05, 4.69) is 6.07 Å². The number of aryl methyl sites for hydroxylation is 1. The fraction of sp³-hybridized carbons (Fsp3) is 0.538. The van der Waals surface area contributed by atoms with Gasteiger partial charge in [0.2, 0.25) is 0 Å². The van der Waals surface area contributed by atoms with Crippen molar-refractivity contribution >= 4 is 0 Å². The number of hydrogen-bond acceptors (Lipinski definition) is 1. The van der Waals surface area contributed by atoms with Gasteiger partial charge in [-0.3, -0.25) is 0 Å². The van der Waals surface area contributed by atoms with E-state index < -0.39 is 0 Å². The third-order valence-corrected chi connectivity index (χ3v) is 3.31. The standard InChI is InChI=1S/C13H18O/c1-10-7-8-12(9-13(10)14)11-5-3-2-4-6-11/h7-9,11,14H,2-6H2,1H3. The first-order chi connectivity index (χ1) is 6.77. The van der Waals surface area contributed by atoms with Gasteiger partial charge in [0.05, 0.1) is 0 Å². The molecule has 1 aliphatic rings. The Labute approximate surface area is 85.8 Å². The minimum Gasteiger partial charge on any atom is -0.508 e. The smallest absolute Gasteiger partial charge is 0.118 e. The van der Waals surface area contributed by atoms with Crippen LogP contribution in [0.2, 0.25) is 0 Å². The second kappa shape index (κ2) is 4.04. The molecule has 1 heteroatoms. The van der Waals surface area contributed by atoms with Gasteiger partial charge in [-0.1, -0.05) is 31.4 Å². The molecule has 14 heavy (non-hydrogen) atoms. The maximum atomic E-state index is 9.63. The van der Waals surface area contributed by atoms with Gasteiger partial charge in [0.1, 0.15) is 5.75 Å². The lowest BCUT2D eigenvalue weighted by Gasteiger charge is -2.22. The molecule has 1 N–H and O–H groups in total. The number of phenolic OH excluding ortho intramolecular Hbond substituents is 1. The van der Waals surface area contributed by atoms with Crippen molar-refractivity contribution in [3.8, 4) is 5.75 Å². The Hall–Kier alpha value is -0.980. The summed E-state index contributed by atoms with van der Waals surface area (Å²) in [5.74, 6) is 1.14. The van der Waals surface area contributed by atoms with Crippen LogP contribution in [0.4, 0.5) is 0 Å². The molecule has 2 rings (SSSR count). The van der Waals surface area contributed by atoms with Crippen molar-refractivity contribution in [3.05, 3.63) is 29.3 Å². The first-order valence-corrected chi connectivity index (χ1v) is 5.57. The van der Waals surface area contributed by atoms with Gasteiger partial charge in [-0.05, 0) is 42.9 Å². The third kappa shape index (κ3) is 1.92. The topological polar surface area (TPSA) is 20.2 Å². The second-order valence-corrected chi connectivity index (χ2v) is 4.38. The van der Waals surface area contributed by atoms with Gasteiger partial charge in [0, 0.05) is 0 Å². The molecule has 0 unspecified atom stereocenters. The predicted octanol–water partition coefficient (Wildman–Crippen LogP) is 3.75. The zero-order valence-corrected chi connectivity index (χ0v) is 8.79. The van der Waals surface area contributed by atoms with Crippen LogP contribution in [0, 0.1) is 6.92 Å². The van der Waals surface area contributed by atoms with Crippen LogP contribution < -0.4 is 0 Å². The quantitative estimate of drug-likeness (QED) is 0.715. The lowest BCUT2D eigenvalue weighted by Crippen LogP contribution is -2.04. The first kappa shape index (κ1) is 9.57. The molecule has 1 saturated carbocycles. The van der Waals surface area contributed by atoms with Crippen molar-refractivity contribution in [1.29, 1.82) is 0 Å². The highest BCUT2D eigenvalue weighted by molar-refractivity contribution is 5.36. The van der Waals surface area contributed by atoms with E-state index in [0.717, 1.165) is 5.56 Å². The molecular weight excluding hydrogens is 172 g/mol. The van der Waals surface area contributed by atoms with E-state index in [1.807, 2.05) is 19.1 Å². The number of hydrogen-bond donors (Lipinski definition) is 1. The summed E-state index contributed by atoms with van der Waals surface area (Å²) in [4.78, 5) is 0. The number of rotatable bonds is 1. The van der Waals surface area contributed by atoms with E-state index in [4.69, 9.17) is 0 Å². The Morgan fingerprint density at radius 2 is 1.86 bits per heavy atom. The summed E-state index contributed by atoms with van der Waals surface area (Å²) in [5, 5.41) is 9.63. The molecule has 1 aromatic rings. The lowest BCUT2D eigenvalue weighted by atomic mass is 9.84. The molecule has 1 aromatic carbocycles. The monoisotopic (exact) mass is 190 g/mol. The predicted molar refractivity (Wildman–Crippen MR) is 58.7 cm³/mol. The van der Waals surface area contributed by atoms with E-state index in [9.17, 15) is 5.11 Å². The summed E-state index contributed by atoms with van der Waals surface area (Å²) in [5.41, 5.74) is 2.30. The molecule has 0 saturated heterocycles. The maximum Gasteiger partial charge on any atom is 0.118 e. The zero-order valence-electron chi connectivity index (χ0n) is 8.79. The average Bonchev–Trinajstić information content (AvgIpc) is 2.23. The van der Waals surface area contributed by atoms with Crippen molar-refractivity contribution in [3.63, 3.8) is 0 Å². The van der Waals surface area contributed by atoms with E-state index in [1.54, 1.807) is 0 Å². The molecule has 0 aromatic heterocycles. The van der Waals surface area contributed by atoms with Crippen LogP contribution >= 0.6 is 0 Å². The highest BCUT2D eigenvalue weighted by Gasteiger charge is 2.15. The molecule has 0 aliphatic heterocycles. The van der Waals surface area contributed by atoms with Crippen molar-refractivity contribution < 1.29 is 5.11 Å². The number of benzene rings is 1. The van der Waals surface area contributed by atoms with Gasteiger partial charge in [-0.15, -0.1) is 0 Å². The van der Waals surface area contributed by atoms with Gasteiger partial charge >= 0.3 is 0 Å². The summed E-state index contributed by atoms with van der Waals surface area (Å²) in [6.07, 6.45) is 6.66. The molecule has 0 heterocycles. The SMILES string of the molecule is Cc1ccc(C2CCCCC2)cc1O. The highest BCUT2D eigenvalue weighted by Crippen LogP contribution is 2.34. The molecule has 0 amide bonds. The van der Waals surface area contributed by atoms with E-state index in [-0.39, 0.29) is 0 Å². The van der Waals surface area contributed by atoms with Gasteiger partial charge < -0.3 is 5.11 Å². The van der Waals surface area contributed by atoms with Crippen LogP contribution in [0.25, 0.3) is 0 Å². The Balaban J connectivity index is 2.18. The zero-order chi connectivity index (χ0) is 9.97. The van der Waals surface area contributed by atoms with Crippen molar-refractivity contribution in [2.45, 2.75) is 44.9 Å². The molecule has 0 bridgehead atoms. The van der Waals surface area contributed by atoms with Crippen molar-refractivity contribution in [1.82, 2.24) is 0 Å². The average molecular weight is 190 g/mol. The van der Waals surface area contributed by atoms with Crippen molar-refractivity contribution in [2.75, 3.05) is 0 Å². The van der Waals surface area contributed by atoms with Crippen LogP contribution in [-0.2, 0) is 0 Å². The van der Waals surface area contributed by atoms with Crippen LogP contribution in [0.1, 0.15) is 49.1 Å². The van der Waals surface area contributed by atoms with Crippen molar-refractivity contribution in [2.24, 2.45) is 0 Å². The minimum absolute atomic E-state index is 0.452. The lowest BCUT2D eigenvalue weighted by molar-refractivity contribution is 0.437. The molecule has 76 valence electrons. The van der Waals surface area contributed by atoms with Gasteiger partial charge in [-0.2, -0.15) is 0 Å². The fourth-order valence-electron chi connectivity index (χ4n) is 2.32. The molecule has 0 spiro atoms. The minimum atomic E-state index is 0.452. The normalized spacial score (nSPS) is 18.4. The van der Waals surface area contributed by atoms with Crippen LogP contribution in [0.15, 0.2) is 18.2 Å². The maximum absolute atomic E-state index is 9.63. The largest absolute Gasteiger partial charge is 0.508 e. The Bertz CT molecular complexity index is 311. The Morgan fingerprint density at radius 1 is 1.14 bits per heavy atom. The summed E-state index contributed by atoms with van der Waals surface area (Å²) in [7, 11) is 0. The molecule has 0 atom stereocenters. The Morgan fingerprint density at radius 3 is 2.50 bits per heavy atom. The summed E-state index contributed by atoms with van der Waals surface area (Å²) in [6, 6.07) is 6.15. The van der Waals surface area contributed by atoms with Crippen LogP contribution in [-0.4, -0.2) is 5.11 Å².